The number of hydrogen-bond acceptors (Lipinski definition) is 6. The number of rotatable bonds is 51. The average molecular weight is 948 g/mol. The molecule has 0 heterocycles. The number of esters is 3. The van der Waals surface area contributed by atoms with Crippen LogP contribution < -0.4 is 0 Å². The number of carbonyl (C=O) groups is 3. The first-order chi connectivity index (χ1) is 33.5. The highest BCUT2D eigenvalue weighted by molar-refractivity contribution is 5.71. The lowest BCUT2D eigenvalue weighted by Crippen LogP contribution is -2.30. The van der Waals surface area contributed by atoms with Gasteiger partial charge in [-0.2, -0.15) is 0 Å². The molecule has 0 rings (SSSR count). The SMILES string of the molecule is CC/C=C\C/C=C\C/C=C\C/C=C\C/C=C\C/C=C\CCCCC(=O)OCC(COC(=O)CCCCCCC/C=C\CCCC)OC(=O)CCCCCCCCCCCCCCCCCCCC. The molecule has 6 heteroatoms. The molecule has 0 saturated carbocycles. The van der Waals surface area contributed by atoms with Crippen LogP contribution in [0.4, 0.5) is 0 Å². The fraction of sp³-hybridized carbons (Fsp3) is 0.726. The van der Waals surface area contributed by atoms with Crippen molar-refractivity contribution in [3.05, 3.63) is 85.1 Å². The zero-order valence-corrected chi connectivity index (χ0v) is 44.6. The predicted molar refractivity (Wildman–Crippen MR) is 293 cm³/mol. The van der Waals surface area contributed by atoms with E-state index >= 15 is 0 Å². The highest BCUT2D eigenvalue weighted by Gasteiger charge is 2.19. The van der Waals surface area contributed by atoms with Crippen molar-refractivity contribution in [2.45, 2.75) is 277 Å². The quantitative estimate of drug-likeness (QED) is 0.0262. The van der Waals surface area contributed by atoms with Crippen LogP contribution in [0.3, 0.4) is 0 Å². The second kappa shape index (κ2) is 56.2. The highest BCUT2D eigenvalue weighted by atomic mass is 16.6. The summed E-state index contributed by atoms with van der Waals surface area (Å²) in [6.45, 7) is 6.46. The lowest BCUT2D eigenvalue weighted by Gasteiger charge is -2.18. The molecule has 1 atom stereocenters. The third-order valence-corrected chi connectivity index (χ3v) is 12.1. The van der Waals surface area contributed by atoms with E-state index in [1.165, 1.54) is 128 Å². The van der Waals surface area contributed by atoms with Gasteiger partial charge in [-0.3, -0.25) is 14.4 Å². The maximum Gasteiger partial charge on any atom is 0.306 e. The smallest absolute Gasteiger partial charge is 0.306 e. The Morgan fingerprint density at radius 3 is 0.985 bits per heavy atom. The van der Waals surface area contributed by atoms with Crippen molar-refractivity contribution in [1.82, 2.24) is 0 Å². The minimum Gasteiger partial charge on any atom is -0.462 e. The van der Waals surface area contributed by atoms with Crippen LogP contribution >= 0.6 is 0 Å². The maximum atomic E-state index is 12.8. The molecule has 0 bridgehead atoms. The largest absolute Gasteiger partial charge is 0.462 e. The summed E-state index contributed by atoms with van der Waals surface area (Å²) in [5, 5.41) is 0. The average Bonchev–Trinajstić information content (AvgIpc) is 3.34. The molecule has 6 nitrogen and oxygen atoms in total. The Morgan fingerprint density at radius 1 is 0.309 bits per heavy atom. The molecule has 0 aliphatic heterocycles. The summed E-state index contributed by atoms with van der Waals surface area (Å²) in [7, 11) is 0. The Morgan fingerprint density at radius 2 is 0.588 bits per heavy atom. The van der Waals surface area contributed by atoms with Gasteiger partial charge in [-0.25, -0.2) is 0 Å². The predicted octanol–water partition coefficient (Wildman–Crippen LogP) is 19.2. The summed E-state index contributed by atoms with van der Waals surface area (Å²) >= 11 is 0. The monoisotopic (exact) mass is 947 g/mol. The molecule has 0 aromatic carbocycles. The number of allylic oxidation sites excluding steroid dienone is 14. The zero-order chi connectivity index (χ0) is 49.3. The zero-order valence-electron chi connectivity index (χ0n) is 44.6. The fourth-order valence-corrected chi connectivity index (χ4v) is 7.84. The standard InChI is InChI=1S/C62H106O6/c1-4-7-10-13-16-19-22-24-26-28-30-31-32-34-35-37-40-43-46-49-52-55-61(64)67-58-59(57-66-60(63)54-51-48-45-42-39-21-18-15-12-9-6-3)68-62(65)56-53-50-47-44-41-38-36-33-29-27-25-23-20-17-14-11-8-5-2/h7,10,15-16,18-19,24,26,30-31,34-35,40,43,59H,4-6,8-9,11-14,17,20-23,25,27-29,32-33,36-39,41-42,44-58H2,1-3H3/b10-7-,18-15-,19-16-,26-24-,31-30-,35-34-,43-40-. The topological polar surface area (TPSA) is 78.9 Å². The number of unbranched alkanes of at least 4 members (excludes halogenated alkanes) is 26. The van der Waals surface area contributed by atoms with Gasteiger partial charge < -0.3 is 14.2 Å². The van der Waals surface area contributed by atoms with Gasteiger partial charge in [0.1, 0.15) is 13.2 Å². The van der Waals surface area contributed by atoms with E-state index in [2.05, 4.69) is 106 Å². The van der Waals surface area contributed by atoms with Crippen LogP contribution in [0.15, 0.2) is 85.1 Å². The number of hydrogen-bond donors (Lipinski definition) is 0. The Labute approximate surface area is 420 Å². The van der Waals surface area contributed by atoms with Gasteiger partial charge in [0.05, 0.1) is 0 Å². The van der Waals surface area contributed by atoms with Crippen LogP contribution in [0.1, 0.15) is 271 Å². The van der Waals surface area contributed by atoms with Crippen LogP contribution in [-0.4, -0.2) is 37.2 Å². The van der Waals surface area contributed by atoms with E-state index in [0.717, 1.165) is 103 Å². The van der Waals surface area contributed by atoms with Crippen LogP contribution in [0, 0.1) is 0 Å². The van der Waals surface area contributed by atoms with Crippen LogP contribution in [0.25, 0.3) is 0 Å². The van der Waals surface area contributed by atoms with E-state index < -0.39 is 6.10 Å². The molecule has 0 aromatic heterocycles. The number of carbonyl (C=O) groups excluding carboxylic acids is 3. The van der Waals surface area contributed by atoms with Gasteiger partial charge in [0.25, 0.3) is 0 Å². The highest BCUT2D eigenvalue weighted by Crippen LogP contribution is 2.16. The van der Waals surface area contributed by atoms with Gasteiger partial charge in [-0.05, 0) is 89.9 Å². The van der Waals surface area contributed by atoms with Crippen molar-refractivity contribution < 1.29 is 28.6 Å². The van der Waals surface area contributed by atoms with Gasteiger partial charge in [-0.1, -0.05) is 247 Å². The van der Waals surface area contributed by atoms with Gasteiger partial charge in [0.15, 0.2) is 6.10 Å². The fourth-order valence-electron chi connectivity index (χ4n) is 7.84. The van der Waals surface area contributed by atoms with Crippen LogP contribution in [0.5, 0.6) is 0 Å². The van der Waals surface area contributed by atoms with Crippen molar-refractivity contribution in [1.29, 1.82) is 0 Å². The van der Waals surface area contributed by atoms with E-state index in [1.54, 1.807) is 0 Å². The summed E-state index contributed by atoms with van der Waals surface area (Å²) in [4.78, 5) is 38.1. The van der Waals surface area contributed by atoms with Crippen LogP contribution in [0.2, 0.25) is 0 Å². The Hall–Kier alpha value is -3.41. The van der Waals surface area contributed by atoms with Crippen LogP contribution in [-0.2, 0) is 28.6 Å². The Balaban J connectivity index is 4.41. The van der Waals surface area contributed by atoms with Crippen molar-refractivity contribution in [2.75, 3.05) is 13.2 Å². The molecular formula is C62H106O6. The molecule has 0 aliphatic carbocycles. The lowest BCUT2D eigenvalue weighted by molar-refractivity contribution is -0.167. The summed E-state index contributed by atoms with van der Waals surface area (Å²) < 4.78 is 16.8. The van der Waals surface area contributed by atoms with E-state index in [-0.39, 0.29) is 31.1 Å². The third kappa shape index (κ3) is 53.5. The van der Waals surface area contributed by atoms with Crippen molar-refractivity contribution in [3.63, 3.8) is 0 Å². The summed E-state index contributed by atoms with van der Waals surface area (Å²) in [6, 6.07) is 0. The first-order valence-corrected chi connectivity index (χ1v) is 28.6. The molecule has 68 heavy (non-hydrogen) atoms. The Bertz CT molecular complexity index is 1320. The van der Waals surface area contributed by atoms with E-state index in [1.807, 2.05) is 0 Å². The molecule has 0 aromatic rings. The van der Waals surface area contributed by atoms with E-state index in [0.29, 0.717) is 19.3 Å². The van der Waals surface area contributed by atoms with Gasteiger partial charge in [0.2, 0.25) is 0 Å². The summed E-state index contributed by atoms with van der Waals surface area (Å²) in [5.41, 5.74) is 0. The first-order valence-electron chi connectivity index (χ1n) is 28.6. The van der Waals surface area contributed by atoms with Crippen molar-refractivity contribution >= 4 is 17.9 Å². The maximum absolute atomic E-state index is 12.8. The van der Waals surface area contributed by atoms with Gasteiger partial charge in [0, 0.05) is 19.3 Å². The van der Waals surface area contributed by atoms with E-state index in [4.69, 9.17) is 14.2 Å². The van der Waals surface area contributed by atoms with E-state index in [9.17, 15) is 14.4 Å². The third-order valence-electron chi connectivity index (χ3n) is 12.1. The van der Waals surface area contributed by atoms with Gasteiger partial charge in [-0.15, -0.1) is 0 Å². The second-order valence-corrected chi connectivity index (χ2v) is 18.8. The molecule has 0 aliphatic rings. The minimum atomic E-state index is -0.796. The molecule has 1 unspecified atom stereocenters. The Kier molecular flexibility index (Phi) is 53.4. The second-order valence-electron chi connectivity index (χ2n) is 18.8. The molecule has 0 saturated heterocycles. The molecule has 0 fully saturated rings. The molecular weight excluding hydrogens is 841 g/mol. The molecule has 0 radical (unpaired) electrons. The normalized spacial score (nSPS) is 12.7. The van der Waals surface area contributed by atoms with Crippen molar-refractivity contribution in [2.24, 2.45) is 0 Å². The van der Waals surface area contributed by atoms with Crippen molar-refractivity contribution in [3.8, 4) is 0 Å². The molecule has 0 N–H and O–H groups in total. The molecule has 0 amide bonds. The summed E-state index contributed by atoms with van der Waals surface area (Å²) in [5.74, 6) is -0.940. The molecule has 0 spiro atoms. The van der Waals surface area contributed by atoms with Gasteiger partial charge >= 0.3 is 17.9 Å². The minimum absolute atomic E-state index is 0.0932. The lowest BCUT2D eigenvalue weighted by atomic mass is 10.0. The molecule has 390 valence electrons. The number of ether oxygens (including phenoxy) is 3. The first kappa shape index (κ1) is 64.6. The summed E-state index contributed by atoms with van der Waals surface area (Å²) in [6.07, 6.45) is 72.9.